The molecule has 0 atom stereocenters. The number of aromatic amines is 1. The molecule has 2 heterocycles. The highest BCUT2D eigenvalue weighted by molar-refractivity contribution is 5.85. The molecular weight excluding hydrogens is 272 g/mol. The van der Waals surface area contributed by atoms with Gasteiger partial charge in [0.1, 0.15) is 0 Å². The fourth-order valence-corrected chi connectivity index (χ4v) is 3.44. The Kier molecular flexibility index (Phi) is 4.81. The number of amides is 1. The van der Waals surface area contributed by atoms with E-state index in [0.717, 1.165) is 25.9 Å². The third kappa shape index (κ3) is 3.18. The Morgan fingerprint density at radius 3 is 2.86 bits per heavy atom. The van der Waals surface area contributed by atoms with Gasteiger partial charge >= 0.3 is 0 Å². The molecule has 1 aromatic carbocycles. The van der Waals surface area contributed by atoms with Gasteiger partial charge in [-0.25, -0.2) is 0 Å². The number of hydrogen-bond acceptors (Lipinski definition) is 1. The second-order valence-corrected chi connectivity index (χ2v) is 6.36. The van der Waals surface area contributed by atoms with Gasteiger partial charge < -0.3 is 9.88 Å². The van der Waals surface area contributed by atoms with Crippen LogP contribution in [0.1, 0.15) is 56.7 Å². The normalized spacial score (nSPS) is 14.3. The highest BCUT2D eigenvalue weighted by Gasteiger charge is 2.23. The summed E-state index contributed by atoms with van der Waals surface area (Å²) in [6.45, 7) is 3.83. The summed E-state index contributed by atoms with van der Waals surface area (Å²) in [6.07, 6.45) is 7.70. The van der Waals surface area contributed by atoms with E-state index in [1.54, 1.807) is 0 Å². The van der Waals surface area contributed by atoms with E-state index < -0.39 is 0 Å². The van der Waals surface area contributed by atoms with Crippen molar-refractivity contribution in [3.8, 4) is 0 Å². The topological polar surface area (TPSA) is 36.1 Å². The predicted octanol–water partition coefficient (Wildman–Crippen LogP) is 4.41. The monoisotopic (exact) mass is 298 g/mol. The first-order valence-corrected chi connectivity index (χ1v) is 8.66. The molecule has 0 saturated carbocycles. The van der Waals surface area contributed by atoms with Crippen LogP contribution in [-0.4, -0.2) is 22.3 Å². The number of benzene rings is 1. The fraction of sp³-hybridized carbons (Fsp3) is 0.526. The van der Waals surface area contributed by atoms with Crippen molar-refractivity contribution in [3.05, 3.63) is 35.5 Å². The standard InChI is InChI=1S/C19H26N2O/c1-2-3-4-5-6-11-19(22)21-13-12-16-15-9-7-8-10-17(15)20-18(16)14-21/h7-10,20H,2-6,11-14H2,1H3. The Labute approximate surface area is 132 Å². The second-order valence-electron chi connectivity index (χ2n) is 6.36. The minimum Gasteiger partial charge on any atom is -0.357 e. The Hall–Kier alpha value is -1.77. The molecule has 0 aliphatic carbocycles. The van der Waals surface area contributed by atoms with E-state index in [-0.39, 0.29) is 0 Å². The quantitative estimate of drug-likeness (QED) is 0.788. The number of nitrogens with zero attached hydrogens (tertiary/aromatic N) is 1. The number of nitrogens with one attached hydrogen (secondary N) is 1. The molecule has 3 rings (SSSR count). The van der Waals surface area contributed by atoms with Gasteiger partial charge in [0.25, 0.3) is 0 Å². The first-order chi connectivity index (χ1) is 10.8. The molecule has 1 aliphatic rings. The van der Waals surface area contributed by atoms with Crippen LogP contribution < -0.4 is 0 Å². The maximum Gasteiger partial charge on any atom is 0.222 e. The van der Waals surface area contributed by atoms with Crippen LogP contribution in [0.4, 0.5) is 0 Å². The summed E-state index contributed by atoms with van der Waals surface area (Å²) in [5, 5.41) is 1.32. The van der Waals surface area contributed by atoms with E-state index in [0.29, 0.717) is 12.3 Å². The number of para-hydroxylation sites is 1. The van der Waals surface area contributed by atoms with Crippen LogP contribution >= 0.6 is 0 Å². The van der Waals surface area contributed by atoms with Crippen LogP contribution in [-0.2, 0) is 17.8 Å². The van der Waals surface area contributed by atoms with Crippen molar-refractivity contribution in [2.45, 2.75) is 58.4 Å². The van der Waals surface area contributed by atoms with Crippen LogP contribution in [0.25, 0.3) is 10.9 Å². The highest BCUT2D eigenvalue weighted by Crippen LogP contribution is 2.27. The lowest BCUT2D eigenvalue weighted by atomic mass is 10.0. The number of hydrogen-bond donors (Lipinski definition) is 1. The predicted molar refractivity (Wildman–Crippen MR) is 90.8 cm³/mol. The third-order valence-electron chi connectivity index (χ3n) is 4.73. The van der Waals surface area contributed by atoms with E-state index >= 15 is 0 Å². The number of rotatable bonds is 6. The first kappa shape index (κ1) is 15.1. The van der Waals surface area contributed by atoms with Crippen LogP contribution in [0, 0.1) is 0 Å². The Morgan fingerprint density at radius 1 is 1.18 bits per heavy atom. The summed E-state index contributed by atoms with van der Waals surface area (Å²) in [5.74, 6) is 0.320. The van der Waals surface area contributed by atoms with Gasteiger partial charge in [-0.2, -0.15) is 0 Å². The van der Waals surface area contributed by atoms with Gasteiger partial charge in [-0.1, -0.05) is 50.8 Å². The van der Waals surface area contributed by atoms with Gasteiger partial charge in [0.05, 0.1) is 6.54 Å². The summed E-state index contributed by atoms with van der Waals surface area (Å²) in [6, 6.07) is 8.44. The molecule has 0 bridgehead atoms. The summed E-state index contributed by atoms with van der Waals surface area (Å²) in [5.41, 5.74) is 3.83. The SMILES string of the molecule is CCCCCCCC(=O)N1CCc2c([nH]c3ccccc23)C1. The number of H-pyrrole nitrogens is 1. The van der Waals surface area contributed by atoms with E-state index in [1.165, 1.54) is 47.8 Å². The van der Waals surface area contributed by atoms with E-state index in [9.17, 15) is 4.79 Å². The first-order valence-electron chi connectivity index (χ1n) is 8.66. The lowest BCUT2D eigenvalue weighted by Gasteiger charge is -2.27. The molecule has 0 unspecified atom stereocenters. The molecule has 0 saturated heterocycles. The summed E-state index contributed by atoms with van der Waals surface area (Å²) >= 11 is 0. The van der Waals surface area contributed by atoms with Crippen LogP contribution in [0.15, 0.2) is 24.3 Å². The zero-order valence-electron chi connectivity index (χ0n) is 13.5. The maximum atomic E-state index is 12.4. The number of fused-ring (bicyclic) bond motifs is 3. The lowest BCUT2D eigenvalue weighted by molar-refractivity contribution is -0.132. The summed E-state index contributed by atoms with van der Waals surface area (Å²) in [4.78, 5) is 17.9. The molecule has 22 heavy (non-hydrogen) atoms. The van der Waals surface area contributed by atoms with Gasteiger partial charge in [-0.05, 0) is 24.5 Å². The van der Waals surface area contributed by atoms with Crippen LogP contribution in [0.5, 0.6) is 0 Å². The number of carbonyl (C=O) groups is 1. The summed E-state index contributed by atoms with van der Waals surface area (Å²) in [7, 11) is 0. The van der Waals surface area contributed by atoms with Gasteiger partial charge in [0.15, 0.2) is 0 Å². The molecule has 1 aliphatic heterocycles. The number of carbonyl (C=O) groups excluding carboxylic acids is 1. The van der Waals surface area contributed by atoms with E-state index in [1.807, 2.05) is 4.90 Å². The second kappa shape index (κ2) is 6.99. The molecule has 1 amide bonds. The Morgan fingerprint density at radius 2 is 2.00 bits per heavy atom. The average molecular weight is 298 g/mol. The molecule has 3 heteroatoms. The summed E-state index contributed by atoms with van der Waals surface area (Å²) < 4.78 is 0. The van der Waals surface area contributed by atoms with Gasteiger partial charge in [0.2, 0.25) is 5.91 Å². The zero-order chi connectivity index (χ0) is 15.4. The van der Waals surface area contributed by atoms with Crippen molar-refractivity contribution in [3.63, 3.8) is 0 Å². The van der Waals surface area contributed by atoms with Crippen molar-refractivity contribution in [1.29, 1.82) is 0 Å². The minimum atomic E-state index is 0.320. The van der Waals surface area contributed by atoms with Gasteiger partial charge in [0, 0.05) is 29.6 Å². The molecule has 0 fully saturated rings. The maximum absolute atomic E-state index is 12.4. The molecule has 1 aromatic heterocycles. The minimum absolute atomic E-state index is 0.320. The van der Waals surface area contributed by atoms with Gasteiger partial charge in [-0.15, -0.1) is 0 Å². The number of unbranched alkanes of at least 4 members (excludes halogenated alkanes) is 4. The lowest BCUT2D eigenvalue weighted by Crippen LogP contribution is -2.35. The van der Waals surface area contributed by atoms with Crippen LogP contribution in [0.3, 0.4) is 0 Å². The Balaban J connectivity index is 1.58. The molecule has 0 spiro atoms. The molecule has 2 aromatic rings. The largest absolute Gasteiger partial charge is 0.357 e. The molecule has 3 nitrogen and oxygen atoms in total. The van der Waals surface area contributed by atoms with E-state index in [2.05, 4.69) is 36.2 Å². The fourth-order valence-electron chi connectivity index (χ4n) is 3.44. The smallest absolute Gasteiger partial charge is 0.222 e. The number of aromatic nitrogens is 1. The van der Waals surface area contributed by atoms with Crippen molar-refractivity contribution < 1.29 is 4.79 Å². The molecule has 1 N–H and O–H groups in total. The highest BCUT2D eigenvalue weighted by atomic mass is 16.2. The average Bonchev–Trinajstić information content (AvgIpc) is 2.92. The van der Waals surface area contributed by atoms with Crippen molar-refractivity contribution >= 4 is 16.8 Å². The van der Waals surface area contributed by atoms with Crippen molar-refractivity contribution in [1.82, 2.24) is 9.88 Å². The molecular formula is C19H26N2O. The molecule has 0 radical (unpaired) electrons. The third-order valence-corrected chi connectivity index (χ3v) is 4.73. The van der Waals surface area contributed by atoms with E-state index in [4.69, 9.17) is 0 Å². The molecule has 118 valence electrons. The Bertz CT molecular complexity index is 644. The van der Waals surface area contributed by atoms with Crippen molar-refractivity contribution in [2.24, 2.45) is 0 Å². The zero-order valence-corrected chi connectivity index (χ0v) is 13.5. The van der Waals surface area contributed by atoms with Gasteiger partial charge in [-0.3, -0.25) is 4.79 Å². The van der Waals surface area contributed by atoms with Crippen molar-refractivity contribution in [2.75, 3.05) is 6.54 Å². The van der Waals surface area contributed by atoms with Crippen LogP contribution in [0.2, 0.25) is 0 Å².